The SMILES string of the molecule is COc1ccc(Br)c(-c2nnc(CCNC(C)(C)C)s2)c1. The summed E-state index contributed by atoms with van der Waals surface area (Å²) in [5.74, 6) is 0.819. The number of nitrogens with one attached hydrogen (secondary N) is 1. The molecule has 0 saturated heterocycles. The summed E-state index contributed by atoms with van der Waals surface area (Å²) in [7, 11) is 1.66. The van der Waals surface area contributed by atoms with E-state index in [1.807, 2.05) is 18.2 Å². The first kappa shape index (κ1) is 16.4. The summed E-state index contributed by atoms with van der Waals surface area (Å²) in [6.45, 7) is 7.38. The zero-order valence-corrected chi connectivity index (χ0v) is 15.1. The number of aromatic nitrogens is 2. The molecule has 0 amide bonds. The molecule has 0 aliphatic carbocycles. The molecule has 1 N–H and O–H groups in total. The van der Waals surface area contributed by atoms with Crippen molar-refractivity contribution in [2.75, 3.05) is 13.7 Å². The molecule has 0 aliphatic rings. The van der Waals surface area contributed by atoms with Crippen LogP contribution in [0.1, 0.15) is 25.8 Å². The zero-order valence-electron chi connectivity index (χ0n) is 12.7. The topological polar surface area (TPSA) is 47.0 Å². The first-order chi connectivity index (χ1) is 9.89. The van der Waals surface area contributed by atoms with Gasteiger partial charge >= 0.3 is 0 Å². The number of halogens is 1. The molecule has 1 heterocycles. The van der Waals surface area contributed by atoms with E-state index in [-0.39, 0.29) is 5.54 Å². The normalized spacial score (nSPS) is 11.7. The van der Waals surface area contributed by atoms with Crippen LogP contribution < -0.4 is 10.1 Å². The van der Waals surface area contributed by atoms with Gasteiger partial charge in [-0.15, -0.1) is 10.2 Å². The molecule has 0 unspecified atom stereocenters. The Balaban J connectivity index is 2.09. The Kier molecular flexibility index (Phi) is 5.35. The number of rotatable bonds is 5. The van der Waals surface area contributed by atoms with Crippen molar-refractivity contribution in [1.82, 2.24) is 15.5 Å². The smallest absolute Gasteiger partial charge is 0.149 e. The first-order valence-corrected chi connectivity index (χ1v) is 8.41. The lowest BCUT2D eigenvalue weighted by molar-refractivity contribution is 0.415. The van der Waals surface area contributed by atoms with Gasteiger partial charge in [0.2, 0.25) is 0 Å². The van der Waals surface area contributed by atoms with E-state index >= 15 is 0 Å². The molecule has 0 bridgehead atoms. The van der Waals surface area contributed by atoms with Crippen LogP contribution in [0.4, 0.5) is 0 Å². The van der Waals surface area contributed by atoms with Gasteiger partial charge in [-0.05, 0) is 39.0 Å². The van der Waals surface area contributed by atoms with Crippen LogP contribution in [0.2, 0.25) is 0 Å². The van der Waals surface area contributed by atoms with Gasteiger partial charge in [0.05, 0.1) is 7.11 Å². The average molecular weight is 370 g/mol. The highest BCUT2D eigenvalue weighted by molar-refractivity contribution is 9.10. The van der Waals surface area contributed by atoms with Gasteiger partial charge in [0.15, 0.2) is 0 Å². The fraction of sp³-hybridized carbons (Fsp3) is 0.467. The zero-order chi connectivity index (χ0) is 15.5. The van der Waals surface area contributed by atoms with Gasteiger partial charge in [-0.1, -0.05) is 27.3 Å². The van der Waals surface area contributed by atoms with Crippen molar-refractivity contribution in [2.45, 2.75) is 32.7 Å². The predicted octanol–water partition coefficient (Wildman–Crippen LogP) is 3.91. The van der Waals surface area contributed by atoms with E-state index in [2.05, 4.69) is 52.2 Å². The van der Waals surface area contributed by atoms with E-state index < -0.39 is 0 Å². The Labute approximate surface area is 138 Å². The molecule has 0 radical (unpaired) electrons. The molecule has 2 rings (SSSR count). The summed E-state index contributed by atoms with van der Waals surface area (Å²) >= 11 is 5.18. The molecule has 1 aromatic carbocycles. The Morgan fingerprint density at radius 2 is 2.05 bits per heavy atom. The maximum absolute atomic E-state index is 5.27. The van der Waals surface area contributed by atoms with Crippen molar-refractivity contribution in [2.24, 2.45) is 0 Å². The first-order valence-electron chi connectivity index (χ1n) is 6.80. The molecule has 114 valence electrons. The van der Waals surface area contributed by atoms with Crippen LogP contribution in [-0.4, -0.2) is 29.4 Å². The second-order valence-electron chi connectivity index (χ2n) is 5.77. The molecule has 0 saturated carbocycles. The fourth-order valence-electron chi connectivity index (χ4n) is 1.80. The number of hydrogen-bond donors (Lipinski definition) is 1. The molecular weight excluding hydrogens is 350 g/mol. The summed E-state index contributed by atoms with van der Waals surface area (Å²) < 4.78 is 6.26. The molecule has 0 aliphatic heterocycles. The van der Waals surface area contributed by atoms with Crippen LogP contribution >= 0.6 is 27.3 Å². The summed E-state index contributed by atoms with van der Waals surface area (Å²) in [6, 6.07) is 5.86. The molecule has 21 heavy (non-hydrogen) atoms. The van der Waals surface area contributed by atoms with Gasteiger partial charge in [-0.25, -0.2) is 0 Å². The maximum atomic E-state index is 5.27. The number of hydrogen-bond acceptors (Lipinski definition) is 5. The molecule has 6 heteroatoms. The van der Waals surface area contributed by atoms with E-state index in [0.717, 1.165) is 38.8 Å². The molecule has 0 atom stereocenters. The lowest BCUT2D eigenvalue weighted by Crippen LogP contribution is -2.37. The number of methoxy groups -OCH3 is 1. The molecule has 0 fully saturated rings. The summed E-state index contributed by atoms with van der Waals surface area (Å²) in [5, 5.41) is 14.0. The van der Waals surface area contributed by atoms with Crippen molar-refractivity contribution in [3.63, 3.8) is 0 Å². The summed E-state index contributed by atoms with van der Waals surface area (Å²) in [6.07, 6.45) is 0.885. The minimum absolute atomic E-state index is 0.128. The Morgan fingerprint density at radius 1 is 1.29 bits per heavy atom. The van der Waals surface area contributed by atoms with Gasteiger partial charge in [-0.3, -0.25) is 0 Å². The van der Waals surface area contributed by atoms with Crippen molar-refractivity contribution >= 4 is 27.3 Å². The summed E-state index contributed by atoms with van der Waals surface area (Å²) in [5.41, 5.74) is 1.14. The highest BCUT2D eigenvalue weighted by Gasteiger charge is 2.12. The van der Waals surface area contributed by atoms with E-state index in [0.29, 0.717) is 0 Å². The number of nitrogens with zero attached hydrogens (tertiary/aromatic N) is 2. The lowest BCUT2D eigenvalue weighted by atomic mass is 10.1. The van der Waals surface area contributed by atoms with Gasteiger partial charge in [-0.2, -0.15) is 0 Å². The van der Waals surface area contributed by atoms with Gasteiger partial charge < -0.3 is 10.1 Å². The minimum atomic E-state index is 0.128. The molecule has 0 spiro atoms. The highest BCUT2D eigenvalue weighted by Crippen LogP contribution is 2.33. The van der Waals surface area contributed by atoms with Crippen LogP contribution in [0.25, 0.3) is 10.6 Å². The standard InChI is InChI=1S/C15H20BrN3OS/c1-15(2,3)17-8-7-13-18-19-14(21-13)11-9-10(20-4)5-6-12(11)16/h5-6,9,17H,7-8H2,1-4H3. The fourth-order valence-corrected chi connectivity index (χ4v) is 3.24. The molecule has 2 aromatic rings. The predicted molar refractivity (Wildman–Crippen MR) is 91.1 cm³/mol. The number of ether oxygens (including phenoxy) is 1. The van der Waals surface area contributed by atoms with Crippen LogP contribution in [0.3, 0.4) is 0 Å². The van der Waals surface area contributed by atoms with Crippen molar-refractivity contribution in [3.05, 3.63) is 27.7 Å². The van der Waals surface area contributed by atoms with Gasteiger partial charge in [0.25, 0.3) is 0 Å². The third kappa shape index (κ3) is 4.76. The van der Waals surface area contributed by atoms with Crippen LogP contribution in [0, 0.1) is 0 Å². The maximum Gasteiger partial charge on any atom is 0.149 e. The van der Waals surface area contributed by atoms with Crippen molar-refractivity contribution in [1.29, 1.82) is 0 Å². The van der Waals surface area contributed by atoms with Gasteiger partial charge in [0.1, 0.15) is 15.8 Å². The van der Waals surface area contributed by atoms with Crippen molar-refractivity contribution in [3.8, 4) is 16.3 Å². The van der Waals surface area contributed by atoms with E-state index in [4.69, 9.17) is 4.74 Å². The quantitative estimate of drug-likeness (QED) is 0.867. The minimum Gasteiger partial charge on any atom is -0.497 e. The highest BCUT2D eigenvalue weighted by atomic mass is 79.9. The lowest BCUT2D eigenvalue weighted by Gasteiger charge is -2.19. The van der Waals surface area contributed by atoms with E-state index in [9.17, 15) is 0 Å². The number of benzene rings is 1. The molecular formula is C15H20BrN3OS. The molecule has 4 nitrogen and oxygen atoms in total. The Hall–Kier alpha value is -0.980. The summed E-state index contributed by atoms with van der Waals surface area (Å²) in [4.78, 5) is 0. The third-order valence-electron chi connectivity index (χ3n) is 2.86. The van der Waals surface area contributed by atoms with E-state index in [1.54, 1.807) is 18.4 Å². The second kappa shape index (κ2) is 6.85. The molecule has 1 aromatic heterocycles. The monoisotopic (exact) mass is 369 g/mol. The third-order valence-corrected chi connectivity index (χ3v) is 4.57. The van der Waals surface area contributed by atoms with E-state index in [1.165, 1.54) is 0 Å². The Morgan fingerprint density at radius 3 is 2.71 bits per heavy atom. The van der Waals surface area contributed by atoms with Gasteiger partial charge in [0, 0.05) is 28.5 Å². The van der Waals surface area contributed by atoms with Crippen LogP contribution in [-0.2, 0) is 6.42 Å². The Bertz CT molecular complexity index is 607. The van der Waals surface area contributed by atoms with Crippen LogP contribution in [0.5, 0.6) is 5.75 Å². The van der Waals surface area contributed by atoms with Crippen LogP contribution in [0.15, 0.2) is 22.7 Å². The largest absolute Gasteiger partial charge is 0.497 e. The average Bonchev–Trinajstić information content (AvgIpc) is 2.86. The van der Waals surface area contributed by atoms with Crippen molar-refractivity contribution < 1.29 is 4.74 Å². The second-order valence-corrected chi connectivity index (χ2v) is 7.69.